The number of rotatable bonds is 3. The molecule has 0 radical (unpaired) electrons. The molecule has 2 atom stereocenters. The quantitative estimate of drug-likeness (QED) is 0.789. The molecule has 1 aromatic carbocycles. The van der Waals surface area contributed by atoms with Crippen LogP contribution in [-0.4, -0.2) is 31.1 Å². The van der Waals surface area contributed by atoms with Crippen molar-refractivity contribution in [3.63, 3.8) is 0 Å². The van der Waals surface area contributed by atoms with E-state index in [9.17, 15) is 0 Å². The SMILES string of the molecule is C=CCN1CCC2Cc3cccc(OC)c3CC21.Cl. The molecule has 2 aliphatic rings. The van der Waals surface area contributed by atoms with Gasteiger partial charge in [0.25, 0.3) is 0 Å². The van der Waals surface area contributed by atoms with Gasteiger partial charge >= 0.3 is 0 Å². The van der Waals surface area contributed by atoms with E-state index in [1.165, 1.54) is 30.5 Å². The van der Waals surface area contributed by atoms with Crippen molar-refractivity contribution in [2.45, 2.75) is 25.3 Å². The molecule has 0 aromatic heterocycles. The van der Waals surface area contributed by atoms with Crippen molar-refractivity contribution < 1.29 is 4.74 Å². The van der Waals surface area contributed by atoms with Gasteiger partial charge in [-0.15, -0.1) is 19.0 Å². The summed E-state index contributed by atoms with van der Waals surface area (Å²) in [6, 6.07) is 7.16. The maximum Gasteiger partial charge on any atom is 0.122 e. The van der Waals surface area contributed by atoms with Gasteiger partial charge in [-0.25, -0.2) is 0 Å². The lowest BCUT2D eigenvalue weighted by Crippen LogP contribution is -2.38. The third kappa shape index (κ3) is 2.52. The van der Waals surface area contributed by atoms with E-state index in [0.29, 0.717) is 6.04 Å². The Bertz CT molecular complexity index is 460. The minimum atomic E-state index is 0. The highest BCUT2D eigenvalue weighted by Gasteiger charge is 2.37. The second-order valence-electron chi connectivity index (χ2n) is 5.41. The largest absolute Gasteiger partial charge is 0.496 e. The second-order valence-corrected chi connectivity index (χ2v) is 5.41. The van der Waals surface area contributed by atoms with E-state index in [1.807, 2.05) is 6.08 Å². The van der Waals surface area contributed by atoms with Crippen LogP contribution in [0.15, 0.2) is 30.9 Å². The molecule has 19 heavy (non-hydrogen) atoms. The van der Waals surface area contributed by atoms with Crippen LogP contribution in [0.25, 0.3) is 0 Å². The molecule has 1 heterocycles. The monoisotopic (exact) mass is 279 g/mol. The van der Waals surface area contributed by atoms with Gasteiger partial charge in [0.2, 0.25) is 0 Å². The molecule has 1 saturated heterocycles. The minimum Gasteiger partial charge on any atom is -0.496 e. The second kappa shape index (κ2) is 5.98. The maximum absolute atomic E-state index is 5.52. The van der Waals surface area contributed by atoms with Crippen LogP contribution in [0, 0.1) is 5.92 Å². The van der Waals surface area contributed by atoms with Crippen molar-refractivity contribution in [1.29, 1.82) is 0 Å². The van der Waals surface area contributed by atoms with Gasteiger partial charge in [0.15, 0.2) is 0 Å². The third-order valence-electron chi connectivity index (χ3n) is 4.51. The standard InChI is InChI=1S/C16H21NO.ClH/c1-3-8-17-9-7-13-10-12-5-4-6-16(18-2)14(12)11-15(13)17;/h3-6,13,15H,1,7-11H2,2H3;1H. The summed E-state index contributed by atoms with van der Waals surface area (Å²) in [7, 11) is 1.78. The first-order valence-corrected chi connectivity index (χ1v) is 6.83. The van der Waals surface area contributed by atoms with Crippen LogP contribution in [0.4, 0.5) is 0 Å². The van der Waals surface area contributed by atoms with Crippen LogP contribution in [-0.2, 0) is 12.8 Å². The van der Waals surface area contributed by atoms with Crippen molar-refractivity contribution in [2.75, 3.05) is 20.2 Å². The maximum atomic E-state index is 5.52. The molecule has 2 unspecified atom stereocenters. The molecule has 3 heteroatoms. The fourth-order valence-corrected chi connectivity index (χ4v) is 3.63. The van der Waals surface area contributed by atoms with Gasteiger partial charge in [0.1, 0.15) is 5.75 Å². The van der Waals surface area contributed by atoms with Gasteiger partial charge in [0, 0.05) is 12.6 Å². The van der Waals surface area contributed by atoms with Gasteiger partial charge in [-0.3, -0.25) is 4.90 Å². The van der Waals surface area contributed by atoms with Crippen LogP contribution >= 0.6 is 12.4 Å². The molecule has 0 spiro atoms. The number of benzene rings is 1. The lowest BCUT2D eigenvalue weighted by atomic mass is 9.80. The number of hydrogen-bond donors (Lipinski definition) is 0. The Morgan fingerprint density at radius 1 is 1.42 bits per heavy atom. The average molecular weight is 280 g/mol. The van der Waals surface area contributed by atoms with Crippen molar-refractivity contribution in [2.24, 2.45) is 5.92 Å². The normalized spacial score (nSPS) is 25.1. The predicted molar refractivity (Wildman–Crippen MR) is 81.3 cm³/mol. The number of nitrogens with zero attached hydrogens (tertiary/aromatic N) is 1. The molecule has 2 nitrogen and oxygen atoms in total. The van der Waals surface area contributed by atoms with Gasteiger partial charge < -0.3 is 4.74 Å². The highest BCUT2D eigenvalue weighted by molar-refractivity contribution is 5.85. The van der Waals surface area contributed by atoms with Crippen molar-refractivity contribution >= 4 is 12.4 Å². The molecule has 3 rings (SSSR count). The molecule has 1 aromatic rings. The van der Waals surface area contributed by atoms with E-state index in [1.54, 1.807) is 7.11 Å². The Kier molecular flexibility index (Phi) is 4.54. The Morgan fingerprint density at radius 2 is 2.26 bits per heavy atom. The lowest BCUT2D eigenvalue weighted by Gasteiger charge is -2.33. The predicted octanol–water partition coefficient (Wildman–Crippen LogP) is 3.09. The molecule has 0 N–H and O–H groups in total. The summed E-state index contributed by atoms with van der Waals surface area (Å²) in [5.41, 5.74) is 2.92. The van der Waals surface area contributed by atoms with E-state index >= 15 is 0 Å². The molecule has 104 valence electrons. The number of likely N-dealkylation sites (tertiary alicyclic amines) is 1. The van der Waals surface area contributed by atoms with Crippen LogP contribution in [0.3, 0.4) is 0 Å². The summed E-state index contributed by atoms with van der Waals surface area (Å²) in [4.78, 5) is 2.58. The van der Waals surface area contributed by atoms with Gasteiger partial charge in [-0.05, 0) is 48.9 Å². The first-order chi connectivity index (χ1) is 8.83. The van der Waals surface area contributed by atoms with Crippen LogP contribution in [0.1, 0.15) is 17.5 Å². The molecule has 0 saturated carbocycles. The highest BCUT2D eigenvalue weighted by Crippen LogP contribution is 2.38. The number of fused-ring (bicyclic) bond motifs is 2. The summed E-state index contributed by atoms with van der Waals surface area (Å²) in [5, 5.41) is 0. The summed E-state index contributed by atoms with van der Waals surface area (Å²) in [6.07, 6.45) is 5.71. The van der Waals surface area contributed by atoms with Gasteiger partial charge in [-0.2, -0.15) is 0 Å². The highest BCUT2D eigenvalue weighted by atomic mass is 35.5. The van der Waals surface area contributed by atoms with E-state index in [2.05, 4.69) is 29.7 Å². The number of ether oxygens (including phenoxy) is 1. The van der Waals surface area contributed by atoms with Crippen molar-refractivity contribution in [3.8, 4) is 5.75 Å². The molecule has 0 bridgehead atoms. The molecule has 0 amide bonds. The zero-order valence-electron chi connectivity index (χ0n) is 11.5. The number of halogens is 1. The Morgan fingerprint density at radius 3 is 3.00 bits per heavy atom. The van der Waals surface area contributed by atoms with Crippen LogP contribution in [0.2, 0.25) is 0 Å². The van der Waals surface area contributed by atoms with E-state index in [-0.39, 0.29) is 12.4 Å². The van der Waals surface area contributed by atoms with Gasteiger partial charge in [0.05, 0.1) is 7.11 Å². The topological polar surface area (TPSA) is 12.5 Å². The summed E-state index contributed by atoms with van der Waals surface area (Å²) in [6.45, 7) is 6.11. The summed E-state index contributed by atoms with van der Waals surface area (Å²) < 4.78 is 5.52. The summed E-state index contributed by atoms with van der Waals surface area (Å²) in [5.74, 6) is 1.89. The third-order valence-corrected chi connectivity index (χ3v) is 4.51. The fourth-order valence-electron chi connectivity index (χ4n) is 3.63. The molecular formula is C16H22ClNO. The molecular weight excluding hydrogens is 258 g/mol. The van der Waals surface area contributed by atoms with E-state index < -0.39 is 0 Å². The Hall–Kier alpha value is -0.990. The molecule has 1 fully saturated rings. The van der Waals surface area contributed by atoms with Crippen molar-refractivity contribution in [1.82, 2.24) is 4.90 Å². The molecule has 1 aliphatic carbocycles. The number of methoxy groups -OCH3 is 1. The fraction of sp³-hybridized carbons (Fsp3) is 0.500. The zero-order chi connectivity index (χ0) is 12.5. The first kappa shape index (κ1) is 14.4. The zero-order valence-corrected chi connectivity index (χ0v) is 12.3. The van der Waals surface area contributed by atoms with E-state index in [0.717, 1.165) is 24.6 Å². The minimum absolute atomic E-state index is 0. The van der Waals surface area contributed by atoms with Crippen LogP contribution in [0.5, 0.6) is 5.75 Å². The summed E-state index contributed by atoms with van der Waals surface area (Å²) >= 11 is 0. The van der Waals surface area contributed by atoms with Crippen LogP contribution < -0.4 is 4.74 Å². The van der Waals surface area contributed by atoms with Gasteiger partial charge in [-0.1, -0.05) is 18.2 Å². The Labute approximate surface area is 121 Å². The lowest BCUT2D eigenvalue weighted by molar-refractivity contribution is 0.233. The first-order valence-electron chi connectivity index (χ1n) is 6.83. The average Bonchev–Trinajstić information content (AvgIpc) is 2.78. The van der Waals surface area contributed by atoms with Crippen molar-refractivity contribution in [3.05, 3.63) is 42.0 Å². The smallest absolute Gasteiger partial charge is 0.122 e. The molecule has 1 aliphatic heterocycles. The number of hydrogen-bond acceptors (Lipinski definition) is 2. The van der Waals surface area contributed by atoms with E-state index in [4.69, 9.17) is 4.74 Å². The Balaban J connectivity index is 0.00000133.